The van der Waals surface area contributed by atoms with E-state index < -0.39 is 0 Å². The monoisotopic (exact) mass is 434 g/mol. The van der Waals surface area contributed by atoms with E-state index in [9.17, 15) is 9.59 Å². The second kappa shape index (κ2) is 7.97. The molecule has 2 amide bonds. The number of carbonyl (C=O) groups is 2. The highest BCUT2D eigenvalue weighted by Crippen LogP contribution is 2.35. The van der Waals surface area contributed by atoms with Crippen LogP contribution in [0.3, 0.4) is 0 Å². The van der Waals surface area contributed by atoms with Gasteiger partial charge in [-0.25, -0.2) is 10.1 Å². The molecule has 10 heteroatoms. The first-order valence-corrected chi connectivity index (χ1v) is 10.2. The summed E-state index contributed by atoms with van der Waals surface area (Å²) in [6, 6.07) is 5.38. The van der Waals surface area contributed by atoms with Crippen molar-refractivity contribution in [2.24, 2.45) is 0 Å². The summed E-state index contributed by atoms with van der Waals surface area (Å²) in [7, 11) is 1.72. The summed E-state index contributed by atoms with van der Waals surface area (Å²) in [6.07, 6.45) is 3.31. The minimum atomic E-state index is -0.279. The first-order chi connectivity index (χ1) is 15.5. The van der Waals surface area contributed by atoms with E-state index in [-0.39, 0.29) is 11.8 Å². The zero-order chi connectivity index (χ0) is 22.2. The molecule has 3 aromatic heterocycles. The Balaban J connectivity index is 1.64. The molecule has 3 N–H and O–H groups in total. The van der Waals surface area contributed by atoms with Crippen LogP contribution in [0.1, 0.15) is 27.4 Å². The third kappa shape index (κ3) is 3.54. The Morgan fingerprint density at radius 1 is 1.12 bits per heavy atom. The van der Waals surface area contributed by atoms with Gasteiger partial charge in [0.05, 0.1) is 53.2 Å². The third-order valence-electron chi connectivity index (χ3n) is 5.42. The van der Waals surface area contributed by atoms with E-state index in [0.29, 0.717) is 71.7 Å². The maximum Gasteiger partial charge on any atom is 0.258 e. The summed E-state index contributed by atoms with van der Waals surface area (Å²) in [5.74, 6) is 0.0353. The molecule has 10 nitrogen and oxygen atoms in total. The van der Waals surface area contributed by atoms with Gasteiger partial charge in [-0.3, -0.25) is 9.59 Å². The van der Waals surface area contributed by atoms with Crippen LogP contribution in [0.15, 0.2) is 24.4 Å². The Kier molecular flexibility index (Phi) is 4.98. The number of nitrogens with zero attached hydrogens (tertiary/aromatic N) is 3. The summed E-state index contributed by atoms with van der Waals surface area (Å²) < 4.78 is 11.4. The van der Waals surface area contributed by atoms with Crippen LogP contribution in [0.4, 0.5) is 5.69 Å². The summed E-state index contributed by atoms with van der Waals surface area (Å²) in [5, 5.41) is 9.75. The number of nitrogens with one attached hydrogen (secondary N) is 3. The van der Waals surface area contributed by atoms with E-state index in [0.717, 1.165) is 5.69 Å². The fraction of sp³-hybridized carbons (Fsp3) is 0.273. The number of aromatic nitrogens is 4. The van der Waals surface area contributed by atoms with E-state index >= 15 is 0 Å². The summed E-state index contributed by atoms with van der Waals surface area (Å²) in [4.78, 5) is 35.3. The zero-order valence-corrected chi connectivity index (χ0v) is 17.7. The van der Waals surface area contributed by atoms with Crippen LogP contribution in [0.2, 0.25) is 0 Å². The Morgan fingerprint density at radius 3 is 2.88 bits per heavy atom. The quantitative estimate of drug-likeness (QED) is 0.498. The second-order valence-corrected chi connectivity index (χ2v) is 7.68. The van der Waals surface area contributed by atoms with Crippen LogP contribution in [-0.4, -0.2) is 70.3 Å². The Morgan fingerprint density at radius 2 is 2.00 bits per heavy atom. The molecule has 2 aliphatic heterocycles. The molecular weight excluding hydrogens is 412 g/mol. The topological polar surface area (TPSA) is 125 Å². The summed E-state index contributed by atoms with van der Waals surface area (Å²) in [6.45, 7) is 3.32. The zero-order valence-electron chi connectivity index (χ0n) is 17.7. The van der Waals surface area contributed by atoms with Gasteiger partial charge >= 0.3 is 0 Å². The normalized spacial score (nSPS) is 18.2. The van der Waals surface area contributed by atoms with Gasteiger partial charge < -0.3 is 24.7 Å². The number of likely N-dealkylation sites (N-methyl/N-ethyl adjacent to an activating group) is 1. The lowest BCUT2D eigenvalue weighted by Gasteiger charge is -2.17. The molecule has 0 saturated carbocycles. The molecule has 164 valence electrons. The standard InChI is InChI=1S/C22H22N6O4/c1-12-9-13-18(24-12)10-14-19-17(26-20(14)29)4-3-16(25-19)15-11-23-27-21(15)32-8-7-31-6-5-28(2)22(13)30/h3-4,9-11,24H,5-8H2,1-2H3,(H,23,27)(H,26,29)/b14-10-. The lowest BCUT2D eigenvalue weighted by molar-refractivity contribution is -0.110. The van der Waals surface area contributed by atoms with Gasteiger partial charge in [0.15, 0.2) is 0 Å². The lowest BCUT2D eigenvalue weighted by Crippen LogP contribution is -2.30. The van der Waals surface area contributed by atoms with E-state index in [2.05, 4.69) is 20.5 Å². The third-order valence-corrected chi connectivity index (χ3v) is 5.42. The van der Waals surface area contributed by atoms with E-state index in [1.807, 2.05) is 6.92 Å². The number of carbonyl (C=O) groups excluding carboxylic acids is 2. The molecule has 0 fully saturated rings. The highest BCUT2D eigenvalue weighted by molar-refractivity contribution is 6.34. The number of hydrogen-bond acceptors (Lipinski definition) is 6. The van der Waals surface area contributed by atoms with Crippen molar-refractivity contribution in [1.29, 1.82) is 0 Å². The van der Waals surface area contributed by atoms with Crippen LogP contribution >= 0.6 is 0 Å². The van der Waals surface area contributed by atoms with E-state index in [1.165, 1.54) is 0 Å². The molecule has 0 aromatic carbocycles. The molecular formula is C22H22N6O4. The number of amides is 2. The van der Waals surface area contributed by atoms with Crippen molar-refractivity contribution in [2.45, 2.75) is 6.92 Å². The van der Waals surface area contributed by atoms with Gasteiger partial charge in [-0.15, -0.1) is 0 Å². The molecule has 5 heterocycles. The Hall–Kier alpha value is -3.92. The van der Waals surface area contributed by atoms with Crippen molar-refractivity contribution >= 4 is 29.2 Å². The number of anilines is 1. The number of fused-ring (bicyclic) bond motifs is 4. The number of H-pyrrole nitrogens is 2. The molecule has 32 heavy (non-hydrogen) atoms. The minimum Gasteiger partial charge on any atom is -0.475 e. The number of ether oxygens (including phenoxy) is 2. The Labute approximate surface area is 183 Å². The fourth-order valence-corrected chi connectivity index (χ4v) is 3.77. The van der Waals surface area contributed by atoms with Crippen molar-refractivity contribution in [3.8, 4) is 17.1 Å². The first-order valence-electron chi connectivity index (χ1n) is 10.2. The number of aromatic amines is 2. The van der Waals surface area contributed by atoms with E-state index in [4.69, 9.17) is 14.5 Å². The van der Waals surface area contributed by atoms with Crippen LogP contribution in [0.25, 0.3) is 22.9 Å². The van der Waals surface area contributed by atoms with Gasteiger partial charge in [0.1, 0.15) is 12.3 Å². The molecule has 0 radical (unpaired) electrons. The summed E-state index contributed by atoms with van der Waals surface area (Å²) in [5.41, 5.74) is 4.64. The highest BCUT2D eigenvalue weighted by atomic mass is 16.5. The van der Waals surface area contributed by atoms with E-state index in [1.54, 1.807) is 42.4 Å². The number of aryl methyl sites for hydroxylation is 1. The van der Waals surface area contributed by atoms with Crippen molar-refractivity contribution in [2.75, 3.05) is 38.7 Å². The van der Waals surface area contributed by atoms with Crippen LogP contribution < -0.4 is 10.1 Å². The summed E-state index contributed by atoms with van der Waals surface area (Å²) >= 11 is 0. The molecule has 2 bridgehead atoms. The maximum atomic E-state index is 13.0. The molecule has 5 rings (SSSR count). The van der Waals surface area contributed by atoms with Crippen LogP contribution in [0.5, 0.6) is 5.88 Å². The van der Waals surface area contributed by atoms with Gasteiger partial charge in [-0.2, -0.15) is 5.10 Å². The van der Waals surface area contributed by atoms with Gasteiger partial charge in [0, 0.05) is 19.3 Å². The predicted octanol–water partition coefficient (Wildman–Crippen LogP) is 2.08. The lowest BCUT2D eigenvalue weighted by atomic mass is 10.1. The smallest absolute Gasteiger partial charge is 0.258 e. The molecule has 0 saturated heterocycles. The van der Waals surface area contributed by atoms with Crippen molar-refractivity contribution < 1.29 is 19.1 Å². The van der Waals surface area contributed by atoms with Gasteiger partial charge in [-0.05, 0) is 31.2 Å². The fourth-order valence-electron chi connectivity index (χ4n) is 3.77. The molecule has 3 aromatic rings. The van der Waals surface area contributed by atoms with Gasteiger partial charge in [0.2, 0.25) is 5.88 Å². The molecule has 0 unspecified atom stereocenters. The van der Waals surface area contributed by atoms with Gasteiger partial charge in [0.25, 0.3) is 11.8 Å². The maximum absolute atomic E-state index is 13.0. The molecule has 0 aliphatic carbocycles. The van der Waals surface area contributed by atoms with Crippen molar-refractivity contribution in [3.05, 3.63) is 47.0 Å². The van der Waals surface area contributed by atoms with Gasteiger partial charge in [-0.1, -0.05) is 0 Å². The number of hydrogen-bond donors (Lipinski definition) is 3. The number of rotatable bonds is 0. The molecule has 0 atom stereocenters. The number of pyridine rings is 1. The van der Waals surface area contributed by atoms with Crippen LogP contribution in [-0.2, 0) is 9.53 Å². The largest absolute Gasteiger partial charge is 0.475 e. The van der Waals surface area contributed by atoms with Crippen molar-refractivity contribution in [1.82, 2.24) is 25.1 Å². The average Bonchev–Trinajstić information content (AvgIpc) is 3.47. The average molecular weight is 434 g/mol. The molecule has 0 spiro atoms. The second-order valence-electron chi connectivity index (χ2n) is 7.68. The Bertz CT molecular complexity index is 1240. The first kappa shape index (κ1) is 20.0. The van der Waals surface area contributed by atoms with Crippen molar-refractivity contribution in [3.63, 3.8) is 0 Å². The minimum absolute atomic E-state index is 0.160. The molecule has 2 aliphatic rings. The predicted molar refractivity (Wildman–Crippen MR) is 117 cm³/mol. The highest BCUT2D eigenvalue weighted by Gasteiger charge is 2.28. The van der Waals surface area contributed by atoms with Crippen LogP contribution in [0, 0.1) is 6.92 Å². The SMILES string of the molecule is Cc1cc2c([nH]1)/C=C1\C(=O)Nc3ccc(nc31)-c1cn[nH]c1OCCOCCN(C)C2=O.